The Morgan fingerprint density at radius 1 is 1.36 bits per heavy atom. The van der Waals surface area contributed by atoms with E-state index in [0.717, 1.165) is 22.5 Å². The van der Waals surface area contributed by atoms with Gasteiger partial charge in [0.1, 0.15) is 11.6 Å². The van der Waals surface area contributed by atoms with Gasteiger partial charge in [-0.05, 0) is 24.6 Å². The summed E-state index contributed by atoms with van der Waals surface area (Å²) in [6, 6.07) is 1.39. The molecule has 0 radical (unpaired) electrons. The van der Waals surface area contributed by atoms with Crippen LogP contribution < -0.4 is 5.32 Å². The molecule has 2 atom stereocenters. The largest absolute Gasteiger partial charge is 0.383 e. The van der Waals surface area contributed by atoms with Gasteiger partial charge < -0.3 is 10.1 Å². The molecule has 0 saturated carbocycles. The molecule has 0 aromatic heterocycles. The summed E-state index contributed by atoms with van der Waals surface area (Å²) < 4.78 is 57.5. The number of ether oxygens (including phenoxy) is 1. The Morgan fingerprint density at radius 2 is 2.11 bits per heavy atom. The second kappa shape index (κ2) is 8.10. The Bertz CT molecular complexity index is 880. The number of halogens is 2. The Morgan fingerprint density at radius 3 is 2.82 bits per heavy atom. The van der Waals surface area contributed by atoms with Crippen LogP contribution in [0.1, 0.15) is 16.8 Å². The number of carbonyl (C=O) groups is 2. The number of sulfonamides is 1. The first-order valence-corrected chi connectivity index (χ1v) is 10.4. The number of carbonyl (C=O) groups excluding carboxylic acids is 2. The molecule has 2 fully saturated rings. The van der Waals surface area contributed by atoms with Crippen molar-refractivity contribution >= 4 is 21.8 Å². The molecule has 2 amide bonds. The molecule has 8 nitrogen and oxygen atoms in total. The number of benzene rings is 1. The van der Waals surface area contributed by atoms with E-state index >= 15 is 0 Å². The molecule has 0 bridgehead atoms. The molecule has 0 unspecified atom stereocenters. The number of nitrogens with zero attached hydrogens (tertiary/aromatic N) is 2. The Kier molecular flexibility index (Phi) is 5.96. The van der Waals surface area contributed by atoms with Gasteiger partial charge in [-0.15, -0.1) is 0 Å². The van der Waals surface area contributed by atoms with E-state index in [4.69, 9.17) is 4.74 Å². The maximum Gasteiger partial charge on any atom is 0.254 e. The zero-order chi connectivity index (χ0) is 20.5. The van der Waals surface area contributed by atoms with E-state index in [1.54, 1.807) is 4.90 Å². The van der Waals surface area contributed by atoms with Gasteiger partial charge in [-0.2, -0.15) is 0 Å². The monoisotopic (exact) mass is 417 g/mol. The third kappa shape index (κ3) is 4.15. The summed E-state index contributed by atoms with van der Waals surface area (Å²) in [5.74, 6) is -3.16. The highest BCUT2D eigenvalue weighted by Crippen LogP contribution is 2.25. The highest BCUT2D eigenvalue weighted by Gasteiger charge is 2.45. The zero-order valence-electron chi connectivity index (χ0n) is 15.2. The SMILES string of the molecule is COCCN1C(=O)[C@@H]2C[C@H](NC(=O)c3cc(F)ccc3F)CN2CCS1(=O)=O. The first kappa shape index (κ1) is 20.6. The average Bonchev–Trinajstić information content (AvgIpc) is 3.01. The third-order valence-electron chi connectivity index (χ3n) is 4.91. The number of nitrogens with one attached hydrogen (secondary N) is 1. The number of fused-ring (bicyclic) bond motifs is 1. The van der Waals surface area contributed by atoms with Gasteiger partial charge in [-0.1, -0.05) is 0 Å². The molecule has 2 heterocycles. The van der Waals surface area contributed by atoms with Crippen molar-refractivity contribution in [3.05, 3.63) is 35.4 Å². The van der Waals surface area contributed by atoms with Crippen LogP contribution in [0, 0.1) is 11.6 Å². The summed E-state index contributed by atoms with van der Waals surface area (Å²) in [6.45, 7) is 0.389. The van der Waals surface area contributed by atoms with Crippen molar-refractivity contribution in [1.29, 1.82) is 0 Å². The summed E-state index contributed by atoms with van der Waals surface area (Å²) in [5.41, 5.74) is -0.419. The first-order chi connectivity index (χ1) is 13.2. The fourth-order valence-electron chi connectivity index (χ4n) is 3.52. The van der Waals surface area contributed by atoms with Gasteiger partial charge in [-0.25, -0.2) is 21.5 Å². The Labute approximate surface area is 161 Å². The quantitative estimate of drug-likeness (QED) is 0.722. The van der Waals surface area contributed by atoms with E-state index in [1.807, 2.05) is 0 Å². The highest BCUT2D eigenvalue weighted by atomic mass is 32.2. The van der Waals surface area contributed by atoms with E-state index in [-0.39, 0.29) is 38.4 Å². The van der Waals surface area contributed by atoms with E-state index in [0.29, 0.717) is 0 Å². The lowest BCUT2D eigenvalue weighted by atomic mass is 10.1. The van der Waals surface area contributed by atoms with Crippen LogP contribution in [0.15, 0.2) is 18.2 Å². The summed E-state index contributed by atoms with van der Waals surface area (Å²) in [4.78, 5) is 26.8. The molecule has 2 aliphatic rings. The summed E-state index contributed by atoms with van der Waals surface area (Å²) in [6.07, 6.45) is 0.181. The van der Waals surface area contributed by atoms with Crippen LogP contribution in [0.4, 0.5) is 8.78 Å². The van der Waals surface area contributed by atoms with Crippen LogP contribution in [-0.4, -0.2) is 80.6 Å². The molecule has 2 aliphatic heterocycles. The molecule has 154 valence electrons. The highest BCUT2D eigenvalue weighted by molar-refractivity contribution is 7.89. The van der Waals surface area contributed by atoms with Crippen LogP contribution >= 0.6 is 0 Å². The summed E-state index contributed by atoms with van der Waals surface area (Å²) in [5, 5.41) is 2.61. The van der Waals surface area contributed by atoms with Gasteiger partial charge in [0.25, 0.3) is 11.8 Å². The van der Waals surface area contributed by atoms with Crippen molar-refractivity contribution in [2.75, 3.05) is 39.1 Å². The van der Waals surface area contributed by atoms with Crippen LogP contribution in [0.2, 0.25) is 0 Å². The van der Waals surface area contributed by atoms with Crippen LogP contribution in [0.25, 0.3) is 0 Å². The van der Waals surface area contributed by atoms with Crippen molar-refractivity contribution in [3.63, 3.8) is 0 Å². The minimum absolute atomic E-state index is 0.0759. The zero-order valence-corrected chi connectivity index (χ0v) is 16.0. The third-order valence-corrected chi connectivity index (χ3v) is 6.65. The maximum absolute atomic E-state index is 13.8. The van der Waals surface area contributed by atoms with Gasteiger partial charge in [0.15, 0.2) is 0 Å². The molecule has 11 heteroatoms. The van der Waals surface area contributed by atoms with Crippen molar-refractivity contribution in [3.8, 4) is 0 Å². The molecule has 2 saturated heterocycles. The van der Waals surface area contributed by atoms with E-state index in [1.165, 1.54) is 7.11 Å². The Hall–Kier alpha value is -2.11. The standard InChI is InChI=1S/C17H21F2N3O5S/c1-27-6-4-22-17(24)15-9-12(10-21(15)5-7-28(22,25)26)20-16(23)13-8-11(18)2-3-14(13)19/h2-3,8,12,15H,4-7,9-10H2,1H3,(H,20,23)/t12-,15-/m0/s1. The summed E-state index contributed by atoms with van der Waals surface area (Å²) >= 11 is 0. The lowest BCUT2D eigenvalue weighted by molar-refractivity contribution is -0.131. The number of methoxy groups -OCH3 is 1. The molecule has 1 N–H and O–H groups in total. The van der Waals surface area contributed by atoms with Gasteiger partial charge in [0, 0.05) is 26.2 Å². The van der Waals surface area contributed by atoms with E-state index in [2.05, 4.69) is 5.32 Å². The number of amides is 2. The minimum atomic E-state index is -3.73. The molecule has 1 aromatic carbocycles. The summed E-state index contributed by atoms with van der Waals surface area (Å²) in [7, 11) is -2.32. The van der Waals surface area contributed by atoms with E-state index < -0.39 is 51.1 Å². The topological polar surface area (TPSA) is 96.0 Å². The van der Waals surface area contributed by atoms with Gasteiger partial charge >= 0.3 is 0 Å². The Balaban J connectivity index is 1.72. The van der Waals surface area contributed by atoms with E-state index in [9.17, 15) is 26.8 Å². The molecule has 1 aromatic rings. The molecular formula is C17H21F2N3O5S. The van der Waals surface area contributed by atoms with Crippen molar-refractivity contribution in [1.82, 2.24) is 14.5 Å². The normalized spacial score (nSPS) is 24.7. The predicted molar refractivity (Wildman–Crippen MR) is 95.0 cm³/mol. The lowest BCUT2D eigenvalue weighted by Crippen LogP contribution is -2.45. The molecule has 28 heavy (non-hydrogen) atoms. The van der Waals surface area contributed by atoms with Gasteiger partial charge in [-0.3, -0.25) is 14.5 Å². The first-order valence-electron chi connectivity index (χ1n) is 8.76. The molecule has 3 rings (SSSR count). The second-order valence-corrected chi connectivity index (χ2v) is 8.77. The van der Waals surface area contributed by atoms with Crippen LogP contribution in [0.5, 0.6) is 0 Å². The number of hydrogen-bond donors (Lipinski definition) is 1. The lowest BCUT2D eigenvalue weighted by Gasteiger charge is -2.23. The number of rotatable bonds is 5. The maximum atomic E-state index is 13.8. The van der Waals surface area contributed by atoms with Crippen LogP contribution in [0.3, 0.4) is 0 Å². The minimum Gasteiger partial charge on any atom is -0.383 e. The fourth-order valence-corrected chi connectivity index (χ4v) is 4.95. The van der Waals surface area contributed by atoms with Crippen molar-refractivity contribution in [2.45, 2.75) is 18.5 Å². The van der Waals surface area contributed by atoms with Crippen molar-refractivity contribution in [2.24, 2.45) is 0 Å². The molecule has 0 aliphatic carbocycles. The van der Waals surface area contributed by atoms with Crippen LogP contribution in [-0.2, 0) is 19.6 Å². The van der Waals surface area contributed by atoms with Gasteiger partial charge in [0.05, 0.1) is 30.5 Å². The van der Waals surface area contributed by atoms with Crippen molar-refractivity contribution < 1.29 is 31.5 Å². The molecule has 0 spiro atoms. The number of hydrogen-bond acceptors (Lipinski definition) is 6. The smallest absolute Gasteiger partial charge is 0.254 e. The average molecular weight is 417 g/mol. The predicted octanol–water partition coefficient (Wildman–Crippen LogP) is -0.0441. The second-order valence-electron chi connectivity index (χ2n) is 6.76. The molecular weight excluding hydrogens is 396 g/mol. The fraction of sp³-hybridized carbons (Fsp3) is 0.529. The van der Waals surface area contributed by atoms with Gasteiger partial charge in [0.2, 0.25) is 10.0 Å².